The summed E-state index contributed by atoms with van der Waals surface area (Å²) in [5.74, 6) is -0.125. The van der Waals surface area contributed by atoms with Crippen LogP contribution in [0.3, 0.4) is 0 Å². The van der Waals surface area contributed by atoms with Gasteiger partial charge in [0, 0.05) is 20.1 Å². The van der Waals surface area contributed by atoms with Crippen molar-refractivity contribution in [3.8, 4) is 0 Å². The van der Waals surface area contributed by atoms with E-state index in [2.05, 4.69) is 5.32 Å². The smallest absolute Gasteiger partial charge is 0.250 e. The molecular weight excluding hydrogens is 232 g/mol. The lowest BCUT2D eigenvalue weighted by molar-refractivity contribution is -0.120. The fraction of sp³-hybridized carbons (Fsp3) is 0.385. The molecule has 0 radical (unpaired) electrons. The summed E-state index contributed by atoms with van der Waals surface area (Å²) in [4.78, 5) is 25.0. The Morgan fingerprint density at radius 2 is 2.22 bits per heavy atom. The van der Waals surface area contributed by atoms with Crippen LogP contribution in [0.4, 0.5) is 11.4 Å². The molecule has 2 amide bonds. The van der Waals surface area contributed by atoms with E-state index in [-0.39, 0.29) is 18.4 Å². The van der Waals surface area contributed by atoms with Crippen molar-refractivity contribution in [2.24, 2.45) is 0 Å². The summed E-state index contributed by atoms with van der Waals surface area (Å²) in [6.45, 7) is 0.707. The normalized spacial score (nSPS) is 14.9. The van der Waals surface area contributed by atoms with Gasteiger partial charge >= 0.3 is 0 Å². The summed E-state index contributed by atoms with van der Waals surface area (Å²) in [5, 5.41) is 2.75. The van der Waals surface area contributed by atoms with Crippen LogP contribution in [0, 0.1) is 0 Å². The van der Waals surface area contributed by atoms with E-state index in [0.717, 1.165) is 12.1 Å². The number of amides is 2. The Labute approximate surface area is 106 Å². The highest BCUT2D eigenvalue weighted by atomic mass is 16.5. The van der Waals surface area contributed by atoms with E-state index in [0.29, 0.717) is 18.7 Å². The third-order valence-corrected chi connectivity index (χ3v) is 2.82. The van der Waals surface area contributed by atoms with E-state index in [1.165, 1.54) is 7.11 Å². The van der Waals surface area contributed by atoms with E-state index >= 15 is 0 Å². The Bertz CT molecular complexity index is 459. The molecule has 1 aliphatic rings. The second-order valence-electron chi connectivity index (χ2n) is 4.15. The molecule has 2 rings (SSSR count). The number of nitrogens with one attached hydrogen (secondary N) is 1. The first-order chi connectivity index (χ1) is 8.72. The van der Waals surface area contributed by atoms with Gasteiger partial charge in [0.05, 0.1) is 11.4 Å². The molecular formula is C13H16N2O3. The van der Waals surface area contributed by atoms with Crippen LogP contribution in [-0.4, -0.2) is 32.1 Å². The fourth-order valence-corrected chi connectivity index (χ4v) is 2.03. The Hall–Kier alpha value is -1.88. The Kier molecular flexibility index (Phi) is 3.94. The molecule has 0 saturated carbocycles. The van der Waals surface area contributed by atoms with Crippen molar-refractivity contribution in [1.82, 2.24) is 0 Å². The van der Waals surface area contributed by atoms with Crippen LogP contribution in [0.2, 0.25) is 0 Å². The summed E-state index contributed by atoms with van der Waals surface area (Å²) in [5.41, 5.74) is 1.40. The second kappa shape index (κ2) is 5.64. The van der Waals surface area contributed by atoms with Crippen LogP contribution in [0.1, 0.15) is 12.8 Å². The first kappa shape index (κ1) is 12.6. The first-order valence-corrected chi connectivity index (χ1v) is 5.90. The monoisotopic (exact) mass is 248 g/mol. The molecule has 0 bridgehead atoms. The molecule has 5 nitrogen and oxygen atoms in total. The molecule has 1 fully saturated rings. The number of carbonyl (C=O) groups excluding carboxylic acids is 2. The van der Waals surface area contributed by atoms with Gasteiger partial charge in [-0.3, -0.25) is 9.59 Å². The highest BCUT2D eigenvalue weighted by Crippen LogP contribution is 2.29. The van der Waals surface area contributed by atoms with Gasteiger partial charge in [0.25, 0.3) is 0 Å². The number of hydrogen-bond acceptors (Lipinski definition) is 3. The van der Waals surface area contributed by atoms with Crippen molar-refractivity contribution in [3.05, 3.63) is 24.3 Å². The van der Waals surface area contributed by atoms with Gasteiger partial charge in [-0.1, -0.05) is 12.1 Å². The Morgan fingerprint density at radius 3 is 2.89 bits per heavy atom. The van der Waals surface area contributed by atoms with Crippen molar-refractivity contribution in [1.29, 1.82) is 0 Å². The van der Waals surface area contributed by atoms with Crippen LogP contribution in [-0.2, 0) is 14.3 Å². The predicted molar refractivity (Wildman–Crippen MR) is 68.5 cm³/mol. The lowest BCUT2D eigenvalue weighted by Crippen LogP contribution is -2.26. The van der Waals surface area contributed by atoms with Crippen molar-refractivity contribution < 1.29 is 14.3 Å². The first-order valence-electron chi connectivity index (χ1n) is 5.90. The number of carbonyl (C=O) groups is 2. The van der Waals surface area contributed by atoms with Crippen molar-refractivity contribution in [3.63, 3.8) is 0 Å². The van der Waals surface area contributed by atoms with E-state index in [9.17, 15) is 9.59 Å². The van der Waals surface area contributed by atoms with Crippen molar-refractivity contribution in [2.75, 3.05) is 30.5 Å². The lowest BCUT2D eigenvalue weighted by atomic mass is 10.2. The van der Waals surface area contributed by atoms with Crippen LogP contribution in [0.15, 0.2) is 24.3 Å². The predicted octanol–water partition coefficient (Wildman–Crippen LogP) is 1.40. The average Bonchev–Trinajstić information content (AvgIpc) is 2.76. The number of para-hydroxylation sites is 2. The van der Waals surface area contributed by atoms with Crippen molar-refractivity contribution in [2.45, 2.75) is 12.8 Å². The third-order valence-electron chi connectivity index (χ3n) is 2.82. The molecule has 1 heterocycles. The number of hydrogen-bond donors (Lipinski definition) is 1. The molecule has 1 aliphatic heterocycles. The topological polar surface area (TPSA) is 58.6 Å². The Balaban J connectivity index is 2.20. The summed E-state index contributed by atoms with van der Waals surface area (Å²) in [6.07, 6.45) is 1.43. The van der Waals surface area contributed by atoms with Crippen LogP contribution in [0.25, 0.3) is 0 Å². The molecule has 0 aliphatic carbocycles. The molecule has 5 heteroatoms. The van der Waals surface area contributed by atoms with E-state index in [1.54, 1.807) is 11.0 Å². The number of rotatable bonds is 4. The van der Waals surface area contributed by atoms with Gasteiger partial charge in [-0.15, -0.1) is 0 Å². The van der Waals surface area contributed by atoms with Gasteiger partial charge in [-0.2, -0.15) is 0 Å². The second-order valence-corrected chi connectivity index (χ2v) is 4.15. The molecule has 96 valence electrons. The van der Waals surface area contributed by atoms with Crippen molar-refractivity contribution >= 4 is 23.2 Å². The largest absolute Gasteiger partial charge is 0.375 e. The minimum Gasteiger partial charge on any atom is -0.375 e. The summed E-state index contributed by atoms with van der Waals surface area (Å²) >= 11 is 0. The number of nitrogens with zero attached hydrogens (tertiary/aromatic N) is 1. The minimum absolute atomic E-state index is 0.00226. The number of methoxy groups -OCH3 is 1. The molecule has 1 N–H and O–H groups in total. The number of anilines is 2. The van der Waals surface area contributed by atoms with Gasteiger partial charge < -0.3 is 15.0 Å². The van der Waals surface area contributed by atoms with E-state index < -0.39 is 0 Å². The zero-order valence-corrected chi connectivity index (χ0v) is 10.3. The molecule has 0 unspecified atom stereocenters. The standard InChI is InChI=1S/C13H16N2O3/c1-18-9-12(16)14-10-5-2-3-6-11(10)15-8-4-7-13(15)17/h2-3,5-6H,4,7-9H2,1H3,(H,14,16). The van der Waals surface area contributed by atoms with Gasteiger partial charge in [0.2, 0.25) is 11.8 Å². The summed E-state index contributed by atoms with van der Waals surface area (Å²) in [7, 11) is 1.47. The van der Waals surface area contributed by atoms with Gasteiger partial charge in [-0.25, -0.2) is 0 Å². The maximum Gasteiger partial charge on any atom is 0.250 e. The van der Waals surface area contributed by atoms with E-state index in [1.807, 2.05) is 18.2 Å². The highest BCUT2D eigenvalue weighted by Gasteiger charge is 2.23. The SMILES string of the molecule is COCC(=O)Nc1ccccc1N1CCCC1=O. The highest BCUT2D eigenvalue weighted by molar-refractivity contribution is 6.02. The maximum absolute atomic E-state index is 11.7. The van der Waals surface area contributed by atoms with E-state index in [4.69, 9.17) is 4.74 Å². The summed E-state index contributed by atoms with van der Waals surface area (Å²) < 4.78 is 4.77. The van der Waals surface area contributed by atoms with Gasteiger partial charge in [0.1, 0.15) is 6.61 Å². The maximum atomic E-state index is 11.7. The van der Waals surface area contributed by atoms with Crippen LogP contribution in [0.5, 0.6) is 0 Å². The molecule has 1 saturated heterocycles. The Morgan fingerprint density at radius 1 is 1.44 bits per heavy atom. The third kappa shape index (κ3) is 2.68. The molecule has 0 spiro atoms. The van der Waals surface area contributed by atoms with Crippen LogP contribution >= 0.6 is 0 Å². The van der Waals surface area contributed by atoms with Gasteiger partial charge in [-0.05, 0) is 18.6 Å². The number of benzene rings is 1. The quantitative estimate of drug-likeness (QED) is 0.876. The molecule has 1 aromatic rings. The zero-order valence-electron chi connectivity index (χ0n) is 10.3. The lowest BCUT2D eigenvalue weighted by Gasteiger charge is -2.19. The molecule has 18 heavy (non-hydrogen) atoms. The minimum atomic E-state index is -0.225. The molecule has 0 aromatic heterocycles. The van der Waals surface area contributed by atoms with Crippen LogP contribution < -0.4 is 10.2 Å². The number of ether oxygens (including phenoxy) is 1. The fourth-order valence-electron chi connectivity index (χ4n) is 2.03. The summed E-state index contributed by atoms with van der Waals surface area (Å²) in [6, 6.07) is 7.31. The zero-order chi connectivity index (χ0) is 13.0. The average molecular weight is 248 g/mol. The molecule has 1 aromatic carbocycles. The molecule has 0 atom stereocenters. The van der Waals surface area contributed by atoms with Gasteiger partial charge in [0.15, 0.2) is 0 Å².